The lowest BCUT2D eigenvalue weighted by molar-refractivity contribution is 0.0345. The van der Waals surface area contributed by atoms with E-state index in [9.17, 15) is 8.78 Å². The number of allylic oxidation sites excluding steroid dienone is 1. The molecule has 2 rings (SSSR count). The average molecular weight is 312 g/mol. The number of dihydropyridines is 1. The van der Waals surface area contributed by atoms with Crippen molar-refractivity contribution in [3.05, 3.63) is 11.8 Å². The highest BCUT2D eigenvalue weighted by Crippen LogP contribution is 2.45. The summed E-state index contributed by atoms with van der Waals surface area (Å²) in [4.78, 5) is 6.94. The lowest BCUT2D eigenvalue weighted by Crippen LogP contribution is -2.53. The van der Waals surface area contributed by atoms with Crippen LogP contribution in [-0.4, -0.2) is 36.7 Å². The first-order valence-electron chi connectivity index (χ1n) is 8.70. The Morgan fingerprint density at radius 1 is 1.32 bits per heavy atom. The fourth-order valence-corrected chi connectivity index (χ4v) is 3.71. The molecule has 1 fully saturated rings. The van der Waals surface area contributed by atoms with Crippen LogP contribution in [-0.2, 0) is 0 Å². The van der Waals surface area contributed by atoms with Crippen molar-refractivity contribution in [3.8, 4) is 0 Å². The monoisotopic (exact) mass is 312 g/mol. The molecule has 0 amide bonds. The molecule has 4 heteroatoms. The summed E-state index contributed by atoms with van der Waals surface area (Å²) in [6.45, 7) is 11.2. The molecule has 0 aromatic heterocycles. The highest BCUT2D eigenvalue weighted by Gasteiger charge is 2.44. The van der Waals surface area contributed by atoms with Crippen LogP contribution in [0.5, 0.6) is 0 Å². The maximum absolute atomic E-state index is 13.2. The molecule has 0 bridgehead atoms. The molecule has 1 atom stereocenters. The van der Waals surface area contributed by atoms with Crippen LogP contribution < -0.4 is 0 Å². The van der Waals surface area contributed by atoms with Gasteiger partial charge in [-0.05, 0) is 30.8 Å². The fourth-order valence-electron chi connectivity index (χ4n) is 3.71. The van der Waals surface area contributed by atoms with Gasteiger partial charge in [0.25, 0.3) is 0 Å². The maximum atomic E-state index is 13.2. The van der Waals surface area contributed by atoms with Gasteiger partial charge in [-0.2, -0.15) is 0 Å². The largest absolute Gasteiger partial charge is 0.374 e. The van der Waals surface area contributed by atoms with Crippen molar-refractivity contribution in [2.45, 2.75) is 59.8 Å². The molecule has 0 spiro atoms. The van der Waals surface area contributed by atoms with Crippen LogP contribution in [0, 0.1) is 17.3 Å². The first-order valence-corrected chi connectivity index (χ1v) is 8.70. The van der Waals surface area contributed by atoms with Gasteiger partial charge in [-0.15, -0.1) is 0 Å². The molecule has 0 radical (unpaired) electrons. The summed E-state index contributed by atoms with van der Waals surface area (Å²) in [5.41, 5.74) is 1.74. The van der Waals surface area contributed by atoms with E-state index < -0.39 is 11.8 Å². The Bertz CT molecular complexity index is 436. The second-order valence-electron chi connectivity index (χ2n) is 7.23. The second kappa shape index (κ2) is 7.10. The highest BCUT2D eigenvalue weighted by molar-refractivity contribution is 5.96. The number of likely N-dealkylation sites (tertiary alicyclic amines) is 1. The molecule has 126 valence electrons. The molecule has 2 aliphatic heterocycles. The summed E-state index contributed by atoms with van der Waals surface area (Å²) in [5.74, 6) is 1.35. The van der Waals surface area contributed by atoms with Crippen LogP contribution in [0.1, 0.15) is 53.4 Å². The van der Waals surface area contributed by atoms with E-state index >= 15 is 0 Å². The van der Waals surface area contributed by atoms with Crippen molar-refractivity contribution in [1.29, 1.82) is 0 Å². The zero-order chi connectivity index (χ0) is 16.3. The average Bonchev–Trinajstić information content (AvgIpc) is 2.38. The van der Waals surface area contributed by atoms with E-state index in [0.29, 0.717) is 18.4 Å². The van der Waals surface area contributed by atoms with Crippen LogP contribution in [0.15, 0.2) is 16.8 Å². The van der Waals surface area contributed by atoms with Gasteiger partial charge in [0.2, 0.25) is 6.43 Å². The summed E-state index contributed by atoms with van der Waals surface area (Å²) in [6.07, 6.45) is 2.38. The minimum Gasteiger partial charge on any atom is -0.374 e. The van der Waals surface area contributed by atoms with Crippen molar-refractivity contribution in [1.82, 2.24) is 4.90 Å². The molecular weight excluding hydrogens is 282 g/mol. The molecule has 0 aromatic rings. The number of nitrogens with zero attached hydrogens (tertiary/aromatic N) is 2. The van der Waals surface area contributed by atoms with Gasteiger partial charge < -0.3 is 4.90 Å². The van der Waals surface area contributed by atoms with Gasteiger partial charge in [-0.25, -0.2) is 8.78 Å². The van der Waals surface area contributed by atoms with E-state index in [1.807, 2.05) is 0 Å². The smallest absolute Gasteiger partial charge is 0.239 e. The minimum absolute atomic E-state index is 0.0595. The van der Waals surface area contributed by atoms with Crippen molar-refractivity contribution in [2.75, 3.05) is 19.6 Å². The summed E-state index contributed by atoms with van der Waals surface area (Å²) < 4.78 is 26.5. The van der Waals surface area contributed by atoms with Crippen LogP contribution in [0.4, 0.5) is 8.78 Å². The summed E-state index contributed by atoms with van der Waals surface area (Å²) in [5, 5.41) is 0. The quantitative estimate of drug-likeness (QED) is 0.661. The van der Waals surface area contributed by atoms with Crippen molar-refractivity contribution < 1.29 is 8.78 Å². The molecule has 0 N–H and O–H groups in total. The Hall–Kier alpha value is -0.930. The van der Waals surface area contributed by atoms with Crippen molar-refractivity contribution in [2.24, 2.45) is 22.2 Å². The third-order valence-corrected chi connectivity index (χ3v) is 5.26. The number of hydrogen-bond donors (Lipinski definition) is 0. The van der Waals surface area contributed by atoms with E-state index in [1.165, 1.54) is 0 Å². The predicted octanol–water partition coefficient (Wildman–Crippen LogP) is 4.76. The van der Waals surface area contributed by atoms with E-state index in [2.05, 4.69) is 43.7 Å². The lowest BCUT2D eigenvalue weighted by atomic mass is 9.72. The van der Waals surface area contributed by atoms with Gasteiger partial charge in [0.15, 0.2) is 0 Å². The van der Waals surface area contributed by atoms with Gasteiger partial charge >= 0.3 is 0 Å². The molecule has 0 aliphatic carbocycles. The van der Waals surface area contributed by atoms with Crippen LogP contribution in [0.3, 0.4) is 0 Å². The first kappa shape index (κ1) is 17.4. The Balaban J connectivity index is 2.24. The topological polar surface area (TPSA) is 15.6 Å². The van der Waals surface area contributed by atoms with Crippen LogP contribution in [0.25, 0.3) is 0 Å². The zero-order valence-corrected chi connectivity index (χ0v) is 14.4. The molecule has 0 saturated carbocycles. The first-order chi connectivity index (χ1) is 10.4. The second-order valence-corrected chi connectivity index (χ2v) is 7.23. The zero-order valence-electron chi connectivity index (χ0n) is 14.4. The molecule has 0 aromatic carbocycles. The summed E-state index contributed by atoms with van der Waals surface area (Å²) in [7, 11) is 0. The number of aliphatic imine (C=N–C) groups is 1. The molecular formula is C18H30F2N2. The van der Waals surface area contributed by atoms with E-state index in [-0.39, 0.29) is 6.42 Å². The number of rotatable bonds is 7. The Labute approximate surface area is 133 Å². The SMILES string of the molecule is CCC[C@]1(CC(F)F)CN=C(CC)C=C1N1CC(C(C)C)C1. The molecule has 2 aliphatic rings. The third kappa shape index (κ3) is 3.52. The third-order valence-electron chi connectivity index (χ3n) is 5.26. The minimum atomic E-state index is -2.27. The predicted molar refractivity (Wildman–Crippen MR) is 88.5 cm³/mol. The van der Waals surface area contributed by atoms with Crippen molar-refractivity contribution in [3.63, 3.8) is 0 Å². The summed E-state index contributed by atoms with van der Waals surface area (Å²) >= 11 is 0. The van der Waals surface area contributed by atoms with E-state index in [4.69, 9.17) is 0 Å². The van der Waals surface area contributed by atoms with Gasteiger partial charge in [0.1, 0.15) is 0 Å². The number of alkyl halides is 2. The molecule has 2 heterocycles. The molecule has 2 nitrogen and oxygen atoms in total. The van der Waals surface area contributed by atoms with Gasteiger partial charge in [0, 0.05) is 36.3 Å². The lowest BCUT2D eigenvalue weighted by Gasteiger charge is -2.51. The Morgan fingerprint density at radius 2 is 2.00 bits per heavy atom. The highest BCUT2D eigenvalue weighted by atomic mass is 19.3. The molecule has 22 heavy (non-hydrogen) atoms. The molecule has 1 saturated heterocycles. The number of hydrogen-bond acceptors (Lipinski definition) is 2. The van der Waals surface area contributed by atoms with Crippen LogP contribution in [0.2, 0.25) is 0 Å². The van der Waals surface area contributed by atoms with Crippen LogP contribution >= 0.6 is 0 Å². The van der Waals surface area contributed by atoms with E-state index in [1.54, 1.807) is 0 Å². The normalized spacial score (nSPS) is 26.3. The van der Waals surface area contributed by atoms with E-state index in [0.717, 1.165) is 43.8 Å². The van der Waals surface area contributed by atoms with Gasteiger partial charge in [0.05, 0.1) is 6.54 Å². The summed E-state index contributed by atoms with van der Waals surface area (Å²) in [6, 6.07) is 0. The Kier molecular flexibility index (Phi) is 5.62. The fraction of sp³-hybridized carbons (Fsp3) is 0.833. The van der Waals surface area contributed by atoms with Gasteiger partial charge in [-0.3, -0.25) is 4.99 Å². The maximum Gasteiger partial charge on any atom is 0.239 e. The van der Waals surface area contributed by atoms with Crippen molar-refractivity contribution >= 4 is 5.71 Å². The van der Waals surface area contributed by atoms with Gasteiger partial charge in [-0.1, -0.05) is 34.1 Å². The number of halogens is 2. The molecule has 0 unspecified atom stereocenters. The Morgan fingerprint density at radius 3 is 2.50 bits per heavy atom. The standard InChI is InChI=1S/C18H30F2N2/c1-5-7-18(9-17(19)20)12-21-15(6-2)8-16(18)22-10-14(11-22)13(3)4/h8,13-14,17H,5-7,9-12H2,1-4H3/t18-/m0/s1.